The van der Waals surface area contributed by atoms with Crippen molar-refractivity contribution in [3.05, 3.63) is 35.9 Å². The smallest absolute Gasteiger partial charge is 0.300 e. The van der Waals surface area contributed by atoms with Crippen LogP contribution in [-0.2, 0) is 16.0 Å². The molecule has 76 valence electrons. The fourth-order valence-corrected chi connectivity index (χ4v) is 1.11. The van der Waals surface area contributed by atoms with Crippen LogP contribution in [0, 0.1) is 12.3 Å². The molecule has 1 rings (SSSR count). The summed E-state index contributed by atoms with van der Waals surface area (Å²) in [6.45, 7) is 0.413. The van der Waals surface area contributed by atoms with Gasteiger partial charge in [0, 0.05) is 6.54 Å². The lowest BCUT2D eigenvalue weighted by Crippen LogP contribution is -2.31. The first kappa shape index (κ1) is 11.0. The van der Waals surface area contributed by atoms with E-state index in [4.69, 9.17) is 6.42 Å². The normalized spacial score (nSPS) is 9.00. The Morgan fingerprint density at radius 3 is 2.53 bits per heavy atom. The minimum Gasteiger partial charge on any atom is -0.348 e. The molecule has 0 aliphatic rings. The highest BCUT2D eigenvalue weighted by Gasteiger charge is 2.08. The molecule has 0 aliphatic carbocycles. The number of carbonyl (C=O) groups excluding carboxylic acids is 2. The van der Waals surface area contributed by atoms with Crippen LogP contribution in [0.1, 0.15) is 5.56 Å². The molecule has 1 amide bonds. The maximum absolute atomic E-state index is 11.0. The number of nitrogens with one attached hydrogen (secondary N) is 1. The highest BCUT2D eigenvalue weighted by molar-refractivity contribution is 6.42. The monoisotopic (exact) mass is 201 g/mol. The van der Waals surface area contributed by atoms with Crippen LogP contribution in [0.15, 0.2) is 30.3 Å². The highest BCUT2D eigenvalue weighted by Crippen LogP contribution is 1.97. The molecule has 0 unspecified atom stereocenters. The quantitative estimate of drug-likeness (QED) is 0.439. The van der Waals surface area contributed by atoms with Gasteiger partial charge in [0.25, 0.3) is 5.78 Å². The Labute approximate surface area is 88.5 Å². The van der Waals surface area contributed by atoms with E-state index in [1.807, 2.05) is 30.3 Å². The summed E-state index contributed by atoms with van der Waals surface area (Å²) < 4.78 is 0. The summed E-state index contributed by atoms with van der Waals surface area (Å²) in [6.07, 6.45) is 5.48. The molecule has 0 spiro atoms. The van der Waals surface area contributed by atoms with Gasteiger partial charge in [0.15, 0.2) is 0 Å². The topological polar surface area (TPSA) is 46.2 Å². The van der Waals surface area contributed by atoms with E-state index in [0.717, 1.165) is 5.56 Å². The second-order valence-corrected chi connectivity index (χ2v) is 2.96. The molecule has 1 N–H and O–H groups in total. The van der Waals surface area contributed by atoms with E-state index in [9.17, 15) is 9.59 Å². The minimum atomic E-state index is -0.830. The first-order valence-corrected chi connectivity index (χ1v) is 4.56. The van der Waals surface area contributed by atoms with Crippen molar-refractivity contribution in [2.75, 3.05) is 6.54 Å². The third kappa shape index (κ3) is 3.65. The summed E-state index contributed by atoms with van der Waals surface area (Å²) in [5.41, 5.74) is 1.10. The van der Waals surface area contributed by atoms with Crippen molar-refractivity contribution in [1.82, 2.24) is 5.32 Å². The Morgan fingerprint density at radius 1 is 1.27 bits per heavy atom. The van der Waals surface area contributed by atoms with Crippen molar-refractivity contribution < 1.29 is 9.59 Å². The van der Waals surface area contributed by atoms with Crippen molar-refractivity contribution >= 4 is 11.7 Å². The van der Waals surface area contributed by atoms with E-state index < -0.39 is 11.7 Å². The van der Waals surface area contributed by atoms with Crippen LogP contribution in [0.25, 0.3) is 0 Å². The van der Waals surface area contributed by atoms with E-state index in [1.54, 1.807) is 5.92 Å². The molecule has 3 heteroatoms. The molecule has 0 aromatic heterocycles. The van der Waals surface area contributed by atoms with Crippen LogP contribution in [-0.4, -0.2) is 18.2 Å². The number of rotatable bonds is 4. The maximum atomic E-state index is 11.0. The molecule has 0 fully saturated rings. The average molecular weight is 201 g/mol. The molecule has 1 aromatic carbocycles. The fraction of sp³-hybridized carbons (Fsp3) is 0.167. The SMILES string of the molecule is C#CC(=O)C(=O)NCCc1ccccc1. The largest absolute Gasteiger partial charge is 0.348 e. The number of hydrogen-bond acceptors (Lipinski definition) is 2. The van der Waals surface area contributed by atoms with Gasteiger partial charge in [0.2, 0.25) is 0 Å². The van der Waals surface area contributed by atoms with Crippen molar-refractivity contribution in [3.63, 3.8) is 0 Å². The Balaban J connectivity index is 2.32. The van der Waals surface area contributed by atoms with Gasteiger partial charge in [-0.2, -0.15) is 0 Å². The zero-order chi connectivity index (χ0) is 11.1. The number of terminal acetylenes is 1. The molecule has 3 nitrogen and oxygen atoms in total. The zero-order valence-electron chi connectivity index (χ0n) is 8.19. The predicted octanol–water partition coefficient (Wildman–Crippen LogP) is 0.548. The van der Waals surface area contributed by atoms with Crippen molar-refractivity contribution in [3.8, 4) is 12.3 Å². The lowest BCUT2D eigenvalue weighted by atomic mass is 10.1. The van der Waals surface area contributed by atoms with E-state index in [2.05, 4.69) is 5.32 Å². The molecule has 0 atom stereocenters. The molecular weight excluding hydrogens is 190 g/mol. The summed E-state index contributed by atoms with van der Waals surface area (Å²) >= 11 is 0. The average Bonchev–Trinajstić information content (AvgIpc) is 2.29. The number of hydrogen-bond donors (Lipinski definition) is 1. The van der Waals surface area contributed by atoms with Crippen LogP contribution >= 0.6 is 0 Å². The van der Waals surface area contributed by atoms with Crippen molar-refractivity contribution in [2.24, 2.45) is 0 Å². The van der Waals surface area contributed by atoms with E-state index in [1.165, 1.54) is 0 Å². The Bertz CT molecular complexity index is 390. The number of Topliss-reactive ketones (excluding diaryl/α,β-unsaturated/α-hetero) is 1. The second kappa shape index (κ2) is 5.61. The van der Waals surface area contributed by atoms with Gasteiger partial charge in [-0.25, -0.2) is 0 Å². The molecule has 0 heterocycles. The van der Waals surface area contributed by atoms with Gasteiger partial charge in [-0.05, 0) is 17.9 Å². The Morgan fingerprint density at radius 2 is 1.93 bits per heavy atom. The molecule has 15 heavy (non-hydrogen) atoms. The van der Waals surface area contributed by atoms with Gasteiger partial charge in [-0.3, -0.25) is 9.59 Å². The molecule has 0 saturated carbocycles. The molecular formula is C12H11NO2. The Hall–Kier alpha value is -2.08. The summed E-state index contributed by atoms with van der Waals surface area (Å²) in [6, 6.07) is 9.67. The number of amides is 1. The lowest BCUT2D eigenvalue weighted by Gasteiger charge is -2.01. The lowest BCUT2D eigenvalue weighted by molar-refractivity contribution is -0.134. The van der Waals surface area contributed by atoms with Gasteiger partial charge < -0.3 is 5.32 Å². The third-order valence-corrected chi connectivity index (χ3v) is 1.88. The summed E-state index contributed by atoms with van der Waals surface area (Å²) in [5, 5.41) is 2.45. The van der Waals surface area contributed by atoms with Gasteiger partial charge in [-0.15, -0.1) is 6.42 Å². The van der Waals surface area contributed by atoms with E-state index in [-0.39, 0.29) is 0 Å². The molecule has 0 bridgehead atoms. The number of carbonyl (C=O) groups is 2. The zero-order valence-corrected chi connectivity index (χ0v) is 8.19. The third-order valence-electron chi connectivity index (χ3n) is 1.88. The standard InChI is InChI=1S/C12H11NO2/c1-2-11(14)12(15)13-9-8-10-6-4-3-5-7-10/h1,3-7H,8-9H2,(H,13,15). The van der Waals surface area contributed by atoms with Crippen molar-refractivity contribution in [1.29, 1.82) is 0 Å². The molecule has 0 radical (unpaired) electrons. The first-order valence-electron chi connectivity index (χ1n) is 4.56. The van der Waals surface area contributed by atoms with Gasteiger partial charge in [-0.1, -0.05) is 30.3 Å². The van der Waals surface area contributed by atoms with Gasteiger partial charge in [0.05, 0.1) is 0 Å². The van der Waals surface area contributed by atoms with Gasteiger partial charge in [0.1, 0.15) is 0 Å². The van der Waals surface area contributed by atoms with Gasteiger partial charge >= 0.3 is 5.91 Å². The van der Waals surface area contributed by atoms with E-state index in [0.29, 0.717) is 13.0 Å². The number of ketones is 1. The predicted molar refractivity (Wildman–Crippen MR) is 57.0 cm³/mol. The maximum Gasteiger partial charge on any atom is 0.300 e. The second-order valence-electron chi connectivity index (χ2n) is 2.96. The summed E-state index contributed by atoms with van der Waals surface area (Å²) in [4.78, 5) is 21.7. The number of benzene rings is 1. The highest BCUT2D eigenvalue weighted by atomic mass is 16.2. The van der Waals surface area contributed by atoms with Crippen LogP contribution in [0.4, 0.5) is 0 Å². The van der Waals surface area contributed by atoms with Crippen LogP contribution in [0.5, 0.6) is 0 Å². The first-order chi connectivity index (χ1) is 7.24. The van der Waals surface area contributed by atoms with Crippen molar-refractivity contribution in [2.45, 2.75) is 6.42 Å². The van der Waals surface area contributed by atoms with E-state index >= 15 is 0 Å². The molecule has 0 aliphatic heterocycles. The summed E-state index contributed by atoms with van der Waals surface area (Å²) in [7, 11) is 0. The van der Waals surface area contributed by atoms with Crippen LogP contribution in [0.3, 0.4) is 0 Å². The fourth-order valence-electron chi connectivity index (χ4n) is 1.11. The minimum absolute atomic E-state index is 0.413. The molecule has 0 saturated heterocycles. The molecule has 1 aromatic rings. The Kier molecular flexibility index (Phi) is 4.11. The summed E-state index contributed by atoms with van der Waals surface area (Å²) in [5.74, 6) is 0.218. The van der Waals surface area contributed by atoms with Crippen LogP contribution < -0.4 is 5.32 Å². The van der Waals surface area contributed by atoms with Crippen LogP contribution in [0.2, 0.25) is 0 Å².